The van der Waals surface area contributed by atoms with Crippen molar-refractivity contribution in [3.8, 4) is 5.75 Å². The van der Waals surface area contributed by atoms with Gasteiger partial charge in [-0.1, -0.05) is 0 Å². The van der Waals surface area contributed by atoms with Gasteiger partial charge >= 0.3 is 5.97 Å². The number of carbonyl (C=O) groups is 1. The summed E-state index contributed by atoms with van der Waals surface area (Å²) in [5, 5.41) is 0. The number of esters is 1. The number of hydrogen-bond donors (Lipinski definition) is 2. The van der Waals surface area contributed by atoms with Crippen LogP contribution in [0.25, 0.3) is 0 Å². The zero-order chi connectivity index (χ0) is 16.1. The minimum Gasteiger partial charge on any atom is -0.481 e. The van der Waals surface area contributed by atoms with Gasteiger partial charge in [0.25, 0.3) is 0 Å². The van der Waals surface area contributed by atoms with Crippen LogP contribution >= 0.6 is 15.9 Å². The third-order valence-corrected chi connectivity index (χ3v) is 2.94. The summed E-state index contributed by atoms with van der Waals surface area (Å²) in [6.45, 7) is -0.579. The number of rotatable bonds is 5. The van der Waals surface area contributed by atoms with Gasteiger partial charge in [-0.2, -0.15) is 15.0 Å². The summed E-state index contributed by atoms with van der Waals surface area (Å²) in [5.74, 6) is -0.774. The highest BCUT2D eigenvalue weighted by Gasteiger charge is 2.10. The van der Waals surface area contributed by atoms with Crippen LogP contribution in [0.3, 0.4) is 0 Å². The molecule has 0 bridgehead atoms. The first-order valence-electron chi connectivity index (χ1n) is 5.93. The van der Waals surface area contributed by atoms with Crippen molar-refractivity contribution in [2.45, 2.75) is 6.61 Å². The predicted octanol–water partition coefficient (Wildman–Crippen LogP) is 1.06. The molecule has 1 heterocycles. The topological polar surface area (TPSA) is 126 Å². The van der Waals surface area contributed by atoms with Crippen LogP contribution in [0.2, 0.25) is 0 Å². The van der Waals surface area contributed by atoms with E-state index in [1.807, 2.05) is 0 Å². The van der Waals surface area contributed by atoms with Crippen molar-refractivity contribution < 1.29 is 18.7 Å². The average molecular weight is 372 g/mol. The number of nitrogens with zero attached hydrogens (tertiary/aromatic N) is 3. The lowest BCUT2D eigenvalue weighted by Gasteiger charge is -2.08. The molecule has 0 radical (unpaired) electrons. The number of halogens is 2. The fourth-order valence-corrected chi connectivity index (χ4v) is 1.90. The summed E-state index contributed by atoms with van der Waals surface area (Å²) >= 11 is 3.12. The van der Waals surface area contributed by atoms with Crippen LogP contribution in [0, 0.1) is 5.82 Å². The van der Waals surface area contributed by atoms with Gasteiger partial charge in [-0.25, -0.2) is 9.18 Å². The molecule has 2 aromatic rings. The molecule has 0 saturated heterocycles. The zero-order valence-corrected chi connectivity index (χ0v) is 12.7. The summed E-state index contributed by atoms with van der Waals surface area (Å²) in [6.07, 6.45) is 0. The van der Waals surface area contributed by atoms with Crippen molar-refractivity contribution in [2.24, 2.45) is 0 Å². The molecule has 0 aliphatic heterocycles. The molecule has 0 spiro atoms. The molecule has 8 nitrogen and oxygen atoms in total. The first-order valence-corrected chi connectivity index (χ1v) is 6.72. The molecule has 22 heavy (non-hydrogen) atoms. The fourth-order valence-electron chi connectivity index (χ4n) is 1.44. The summed E-state index contributed by atoms with van der Waals surface area (Å²) in [6, 6.07) is 3.82. The molecule has 2 rings (SSSR count). The molecule has 1 aromatic carbocycles. The standard InChI is InChI=1S/C12H11BrFN5O3/c13-7-3-6(14)1-2-8(7)21-5-10(20)22-4-9-17-11(15)19-12(16)18-9/h1-3H,4-5H2,(H4,15,16,17,18,19). The summed E-state index contributed by atoms with van der Waals surface area (Å²) in [7, 11) is 0. The quantitative estimate of drug-likeness (QED) is 0.746. The van der Waals surface area contributed by atoms with Gasteiger partial charge in [-0.15, -0.1) is 0 Å². The minimum atomic E-state index is -0.659. The van der Waals surface area contributed by atoms with Gasteiger partial charge < -0.3 is 20.9 Å². The maximum Gasteiger partial charge on any atom is 0.344 e. The van der Waals surface area contributed by atoms with Crippen molar-refractivity contribution in [3.63, 3.8) is 0 Å². The largest absolute Gasteiger partial charge is 0.481 e. The minimum absolute atomic E-state index is 0.0648. The van der Waals surface area contributed by atoms with Crippen LogP contribution in [0.4, 0.5) is 16.3 Å². The van der Waals surface area contributed by atoms with E-state index in [1.54, 1.807) is 0 Å². The third-order valence-electron chi connectivity index (χ3n) is 2.32. The predicted molar refractivity (Wildman–Crippen MR) is 78.0 cm³/mol. The van der Waals surface area contributed by atoms with E-state index in [2.05, 4.69) is 30.9 Å². The highest BCUT2D eigenvalue weighted by Crippen LogP contribution is 2.25. The Hall–Kier alpha value is -2.49. The number of carbonyl (C=O) groups excluding carboxylic acids is 1. The zero-order valence-electron chi connectivity index (χ0n) is 11.1. The summed E-state index contributed by atoms with van der Waals surface area (Å²) in [4.78, 5) is 22.7. The highest BCUT2D eigenvalue weighted by molar-refractivity contribution is 9.10. The van der Waals surface area contributed by atoms with Gasteiger partial charge in [0.15, 0.2) is 19.0 Å². The van der Waals surface area contributed by atoms with Crippen LogP contribution in [0.15, 0.2) is 22.7 Å². The molecule has 116 valence electrons. The molecule has 4 N–H and O–H groups in total. The maximum absolute atomic E-state index is 12.9. The lowest BCUT2D eigenvalue weighted by Crippen LogP contribution is -2.16. The van der Waals surface area contributed by atoms with Crippen molar-refractivity contribution in [3.05, 3.63) is 34.3 Å². The number of ether oxygens (including phenoxy) is 2. The van der Waals surface area contributed by atoms with Crippen LogP contribution in [-0.4, -0.2) is 27.5 Å². The molecule has 0 aliphatic rings. The van der Waals surface area contributed by atoms with E-state index < -0.39 is 11.8 Å². The maximum atomic E-state index is 12.9. The Morgan fingerprint density at radius 2 is 1.91 bits per heavy atom. The van der Waals surface area contributed by atoms with E-state index in [0.717, 1.165) is 0 Å². The number of benzene rings is 1. The molecule has 0 atom stereocenters. The van der Waals surface area contributed by atoms with Crippen LogP contribution < -0.4 is 16.2 Å². The molecule has 10 heteroatoms. The second kappa shape index (κ2) is 6.98. The second-order valence-electron chi connectivity index (χ2n) is 3.99. The number of nitrogens with two attached hydrogens (primary N) is 2. The lowest BCUT2D eigenvalue weighted by molar-refractivity contribution is -0.147. The van der Waals surface area contributed by atoms with E-state index >= 15 is 0 Å². The van der Waals surface area contributed by atoms with Gasteiger partial charge in [0.2, 0.25) is 11.9 Å². The Bertz CT molecular complexity index is 680. The van der Waals surface area contributed by atoms with E-state index in [4.69, 9.17) is 20.9 Å². The molecular formula is C12H11BrFN5O3. The second-order valence-corrected chi connectivity index (χ2v) is 4.85. The number of hydrogen-bond acceptors (Lipinski definition) is 8. The molecule has 0 amide bonds. The van der Waals surface area contributed by atoms with Gasteiger partial charge in [0, 0.05) is 0 Å². The number of anilines is 2. The Labute approximate surface area is 132 Å². The SMILES string of the molecule is Nc1nc(N)nc(COC(=O)COc2ccc(F)cc2Br)n1. The highest BCUT2D eigenvalue weighted by atomic mass is 79.9. The van der Waals surface area contributed by atoms with E-state index in [0.29, 0.717) is 10.2 Å². The Balaban J connectivity index is 1.85. The van der Waals surface area contributed by atoms with Gasteiger partial charge in [0.05, 0.1) is 4.47 Å². The number of nitrogen functional groups attached to an aromatic ring is 2. The molecule has 0 aliphatic carbocycles. The first-order chi connectivity index (χ1) is 10.4. The molecule has 0 unspecified atom stereocenters. The molecule has 0 saturated carbocycles. The summed E-state index contributed by atoms with van der Waals surface area (Å²) < 4.78 is 23.4. The smallest absolute Gasteiger partial charge is 0.344 e. The van der Waals surface area contributed by atoms with Crippen LogP contribution in [-0.2, 0) is 16.1 Å². The third kappa shape index (κ3) is 4.52. The Kier molecular flexibility index (Phi) is 5.04. The Morgan fingerprint density at radius 3 is 2.55 bits per heavy atom. The van der Waals surface area contributed by atoms with Crippen LogP contribution in [0.1, 0.15) is 5.82 Å². The monoisotopic (exact) mass is 371 g/mol. The lowest BCUT2D eigenvalue weighted by atomic mass is 10.3. The van der Waals surface area contributed by atoms with Crippen LogP contribution in [0.5, 0.6) is 5.75 Å². The van der Waals surface area contributed by atoms with E-state index in [9.17, 15) is 9.18 Å². The van der Waals surface area contributed by atoms with E-state index in [-0.39, 0.29) is 30.9 Å². The normalized spacial score (nSPS) is 10.3. The van der Waals surface area contributed by atoms with Crippen molar-refractivity contribution in [1.82, 2.24) is 15.0 Å². The first kappa shape index (κ1) is 15.9. The average Bonchev–Trinajstić information content (AvgIpc) is 2.43. The summed E-state index contributed by atoms with van der Waals surface area (Å²) in [5.41, 5.74) is 10.8. The van der Waals surface area contributed by atoms with Crippen molar-refractivity contribution in [1.29, 1.82) is 0 Å². The van der Waals surface area contributed by atoms with Crippen molar-refractivity contribution in [2.75, 3.05) is 18.1 Å². The number of aromatic nitrogens is 3. The van der Waals surface area contributed by atoms with Gasteiger partial charge in [0.1, 0.15) is 11.6 Å². The van der Waals surface area contributed by atoms with E-state index in [1.165, 1.54) is 18.2 Å². The molecule has 1 aromatic heterocycles. The Morgan fingerprint density at radius 1 is 1.23 bits per heavy atom. The van der Waals surface area contributed by atoms with Gasteiger partial charge in [-0.05, 0) is 34.1 Å². The molecule has 0 fully saturated rings. The van der Waals surface area contributed by atoms with Gasteiger partial charge in [-0.3, -0.25) is 0 Å². The fraction of sp³-hybridized carbons (Fsp3) is 0.167. The van der Waals surface area contributed by atoms with Crippen molar-refractivity contribution >= 4 is 33.8 Å². The molecular weight excluding hydrogens is 361 g/mol.